The van der Waals surface area contributed by atoms with E-state index >= 15 is 0 Å². The number of rotatable bonds is 7. The van der Waals surface area contributed by atoms with Gasteiger partial charge < -0.3 is 19.7 Å². The Morgan fingerprint density at radius 3 is 2.65 bits per heavy atom. The highest BCUT2D eigenvalue weighted by Crippen LogP contribution is 2.41. The van der Waals surface area contributed by atoms with Gasteiger partial charge >= 0.3 is 12.1 Å². The second-order valence-corrected chi connectivity index (χ2v) is 6.08. The Kier molecular flexibility index (Phi) is 7.05. The van der Waals surface area contributed by atoms with Crippen molar-refractivity contribution in [1.82, 2.24) is 0 Å². The van der Waals surface area contributed by atoms with Crippen LogP contribution in [-0.4, -0.2) is 35.3 Å². The number of phenolic OH excluding ortho intramolecular Hbond substituents is 1. The van der Waals surface area contributed by atoms with E-state index in [1.807, 2.05) is 0 Å². The Labute approximate surface area is 149 Å². The molecule has 1 aliphatic rings. The first-order chi connectivity index (χ1) is 12.3. The predicted octanol–water partition coefficient (Wildman–Crippen LogP) is 4.19. The molecule has 1 heterocycles. The number of allylic oxidation sites excluding steroid dienone is 2. The fourth-order valence-electron chi connectivity index (χ4n) is 2.76. The maximum atomic E-state index is 12.9. The van der Waals surface area contributed by atoms with E-state index in [9.17, 15) is 23.1 Å². The van der Waals surface area contributed by atoms with Crippen molar-refractivity contribution in [3.8, 4) is 5.75 Å². The van der Waals surface area contributed by atoms with Gasteiger partial charge in [-0.25, -0.2) is 0 Å². The monoisotopic (exact) mass is 374 g/mol. The molecule has 2 N–H and O–H groups in total. The summed E-state index contributed by atoms with van der Waals surface area (Å²) in [6.45, 7) is -0.164. The molecule has 0 amide bonds. The Morgan fingerprint density at radius 2 is 2.00 bits per heavy atom. The molecule has 1 saturated heterocycles. The van der Waals surface area contributed by atoms with Crippen LogP contribution in [0.5, 0.6) is 5.75 Å². The molecule has 0 aromatic heterocycles. The van der Waals surface area contributed by atoms with Gasteiger partial charge in [0.1, 0.15) is 5.75 Å². The standard InChI is InChI=1S/C18H21F3O5/c19-18(20,21)17-25-11-12(7-3-1-2-4-10-15(23)24)16(26-17)13-8-5-6-9-14(13)22/h1,3,5-6,8-9,12,16-17,22H,2,4,7,10-11H2,(H,23,24)/b3-1+/t12-,16+,17+/m0/s1. The van der Waals surface area contributed by atoms with E-state index in [-0.39, 0.29) is 24.3 Å². The molecule has 0 unspecified atom stereocenters. The van der Waals surface area contributed by atoms with Crippen molar-refractivity contribution < 1.29 is 37.7 Å². The molecular weight excluding hydrogens is 353 g/mol. The zero-order chi connectivity index (χ0) is 19.2. The molecular formula is C18H21F3O5. The molecule has 144 valence electrons. The summed E-state index contributed by atoms with van der Waals surface area (Å²) in [6, 6.07) is 6.13. The highest BCUT2D eigenvalue weighted by molar-refractivity contribution is 5.66. The summed E-state index contributed by atoms with van der Waals surface area (Å²) in [5.41, 5.74) is 0.286. The number of para-hydroxylation sites is 1. The van der Waals surface area contributed by atoms with Gasteiger partial charge in [-0.15, -0.1) is 0 Å². The van der Waals surface area contributed by atoms with Gasteiger partial charge in [0.25, 0.3) is 6.29 Å². The second kappa shape index (κ2) is 9.05. The van der Waals surface area contributed by atoms with Crippen molar-refractivity contribution in [3.63, 3.8) is 0 Å². The first kappa shape index (κ1) is 20.3. The number of carbonyl (C=O) groups is 1. The molecule has 0 saturated carbocycles. The Bertz CT molecular complexity index is 629. The molecule has 0 spiro atoms. The minimum absolute atomic E-state index is 0.0633. The molecule has 8 heteroatoms. The van der Waals surface area contributed by atoms with E-state index in [2.05, 4.69) is 0 Å². The number of phenols is 1. The fraction of sp³-hybridized carbons (Fsp3) is 0.500. The van der Waals surface area contributed by atoms with E-state index in [0.29, 0.717) is 19.3 Å². The second-order valence-electron chi connectivity index (χ2n) is 6.08. The summed E-state index contributed by atoms with van der Waals surface area (Å²) in [4.78, 5) is 10.5. The van der Waals surface area contributed by atoms with Crippen LogP contribution in [0.25, 0.3) is 0 Å². The fourth-order valence-corrected chi connectivity index (χ4v) is 2.76. The third-order valence-electron chi connectivity index (χ3n) is 4.04. The van der Waals surface area contributed by atoms with Crippen LogP contribution >= 0.6 is 0 Å². The number of hydrogen-bond donors (Lipinski definition) is 2. The summed E-state index contributed by atoms with van der Waals surface area (Å²) < 4.78 is 48.8. The number of aromatic hydroxyl groups is 1. The summed E-state index contributed by atoms with van der Waals surface area (Å²) >= 11 is 0. The summed E-state index contributed by atoms with van der Waals surface area (Å²) in [5, 5.41) is 18.6. The number of aliphatic carboxylic acids is 1. The van der Waals surface area contributed by atoms with E-state index in [1.54, 1.807) is 24.3 Å². The number of halogens is 3. The summed E-state index contributed by atoms with van der Waals surface area (Å²) in [7, 11) is 0. The number of carboxylic acids is 1. The number of ether oxygens (including phenoxy) is 2. The molecule has 0 radical (unpaired) electrons. The molecule has 1 aromatic rings. The molecule has 0 bridgehead atoms. The molecule has 3 atom stereocenters. The molecule has 1 aromatic carbocycles. The highest BCUT2D eigenvalue weighted by atomic mass is 19.4. The van der Waals surface area contributed by atoms with Crippen LogP contribution in [0.2, 0.25) is 0 Å². The first-order valence-corrected chi connectivity index (χ1v) is 8.27. The Hall–Kier alpha value is -2.06. The summed E-state index contributed by atoms with van der Waals surface area (Å²) in [5.74, 6) is -1.40. The lowest BCUT2D eigenvalue weighted by Gasteiger charge is -2.37. The van der Waals surface area contributed by atoms with Crippen molar-refractivity contribution in [2.45, 2.75) is 44.3 Å². The average Bonchev–Trinajstić information content (AvgIpc) is 2.57. The molecule has 2 rings (SSSR count). The minimum Gasteiger partial charge on any atom is -0.508 e. The predicted molar refractivity (Wildman–Crippen MR) is 86.5 cm³/mol. The van der Waals surface area contributed by atoms with Crippen molar-refractivity contribution in [2.75, 3.05) is 6.61 Å². The Morgan fingerprint density at radius 1 is 1.27 bits per heavy atom. The number of benzene rings is 1. The van der Waals surface area contributed by atoms with Gasteiger partial charge in [-0.1, -0.05) is 30.4 Å². The number of unbranched alkanes of at least 4 members (excludes halogenated alkanes) is 1. The van der Waals surface area contributed by atoms with Gasteiger partial charge in [-0.05, 0) is 25.3 Å². The first-order valence-electron chi connectivity index (χ1n) is 8.27. The number of hydrogen-bond acceptors (Lipinski definition) is 4. The molecule has 26 heavy (non-hydrogen) atoms. The van der Waals surface area contributed by atoms with Crippen LogP contribution in [-0.2, 0) is 14.3 Å². The lowest BCUT2D eigenvalue weighted by Crippen LogP contribution is -2.43. The van der Waals surface area contributed by atoms with Crippen LogP contribution in [0.15, 0.2) is 36.4 Å². The van der Waals surface area contributed by atoms with Gasteiger partial charge in [0, 0.05) is 17.9 Å². The van der Waals surface area contributed by atoms with Crippen molar-refractivity contribution in [3.05, 3.63) is 42.0 Å². The molecule has 1 aliphatic heterocycles. The van der Waals surface area contributed by atoms with Crippen LogP contribution in [0.4, 0.5) is 13.2 Å². The number of carboxylic acid groups (broad SMARTS) is 1. The lowest BCUT2D eigenvalue weighted by molar-refractivity contribution is -0.353. The lowest BCUT2D eigenvalue weighted by atomic mass is 9.91. The van der Waals surface area contributed by atoms with Crippen LogP contribution in [0.1, 0.15) is 37.4 Å². The van der Waals surface area contributed by atoms with E-state index in [0.717, 1.165) is 0 Å². The normalized spacial score (nSPS) is 24.0. The van der Waals surface area contributed by atoms with Crippen LogP contribution in [0, 0.1) is 5.92 Å². The minimum atomic E-state index is -4.65. The molecule has 5 nitrogen and oxygen atoms in total. The topological polar surface area (TPSA) is 76.0 Å². The number of alkyl halides is 3. The third kappa shape index (κ3) is 5.74. The van der Waals surface area contributed by atoms with Crippen molar-refractivity contribution >= 4 is 5.97 Å². The van der Waals surface area contributed by atoms with E-state index < -0.39 is 30.5 Å². The largest absolute Gasteiger partial charge is 0.508 e. The van der Waals surface area contributed by atoms with Crippen molar-refractivity contribution in [1.29, 1.82) is 0 Å². The maximum absolute atomic E-state index is 12.9. The molecule has 0 aliphatic carbocycles. The maximum Gasteiger partial charge on any atom is 0.440 e. The van der Waals surface area contributed by atoms with Gasteiger partial charge in [0.15, 0.2) is 0 Å². The zero-order valence-electron chi connectivity index (χ0n) is 14.0. The smallest absolute Gasteiger partial charge is 0.440 e. The van der Waals surface area contributed by atoms with Crippen molar-refractivity contribution in [2.24, 2.45) is 5.92 Å². The quantitative estimate of drug-likeness (QED) is 0.553. The van der Waals surface area contributed by atoms with Crippen LogP contribution in [0.3, 0.4) is 0 Å². The van der Waals surface area contributed by atoms with Crippen LogP contribution < -0.4 is 0 Å². The average molecular weight is 374 g/mol. The third-order valence-corrected chi connectivity index (χ3v) is 4.04. The van der Waals surface area contributed by atoms with Gasteiger partial charge in [0.2, 0.25) is 0 Å². The van der Waals surface area contributed by atoms with E-state index in [1.165, 1.54) is 12.1 Å². The SMILES string of the molecule is O=C(O)CCC/C=C/C[C@H]1CO[C@@H](C(F)(F)F)O[C@H]1c1ccccc1O. The van der Waals surface area contributed by atoms with Gasteiger partial charge in [-0.3, -0.25) is 4.79 Å². The summed E-state index contributed by atoms with van der Waals surface area (Å²) in [6.07, 6.45) is -2.87. The van der Waals surface area contributed by atoms with Gasteiger partial charge in [0.05, 0.1) is 12.7 Å². The van der Waals surface area contributed by atoms with E-state index in [4.69, 9.17) is 14.6 Å². The van der Waals surface area contributed by atoms with Gasteiger partial charge in [-0.2, -0.15) is 13.2 Å². The molecule has 1 fully saturated rings. The Balaban J connectivity index is 2.05. The highest BCUT2D eigenvalue weighted by Gasteiger charge is 2.48. The zero-order valence-corrected chi connectivity index (χ0v) is 14.0.